The summed E-state index contributed by atoms with van der Waals surface area (Å²) in [6.07, 6.45) is 15.2. The van der Waals surface area contributed by atoms with Crippen molar-refractivity contribution in [2.24, 2.45) is 0 Å². The Morgan fingerprint density at radius 1 is 1.00 bits per heavy atom. The van der Waals surface area contributed by atoms with Crippen molar-refractivity contribution < 1.29 is 14.3 Å². The molecular weight excluding hydrogens is 336 g/mol. The molecule has 0 aliphatic carbocycles. The van der Waals surface area contributed by atoms with Gasteiger partial charge < -0.3 is 9.47 Å². The summed E-state index contributed by atoms with van der Waals surface area (Å²) in [6.45, 7) is 4.43. The molecule has 0 heterocycles. The number of carbonyl (C=O) groups is 1. The second kappa shape index (κ2) is 14.4. The van der Waals surface area contributed by atoms with Gasteiger partial charge in [-0.2, -0.15) is 0 Å². The average Bonchev–Trinajstić information content (AvgIpc) is 2.68. The number of carbonyl (C=O) groups excluding carboxylic acids is 1. The van der Waals surface area contributed by atoms with E-state index in [1.165, 1.54) is 42.4 Å². The maximum Gasteiger partial charge on any atom is 0.179 e. The van der Waals surface area contributed by atoms with E-state index in [2.05, 4.69) is 38.1 Å². The maximum atomic E-state index is 10.8. The van der Waals surface area contributed by atoms with Crippen LogP contribution in [0.15, 0.2) is 29.8 Å². The molecule has 0 atom stereocenters. The highest BCUT2D eigenvalue weighted by Crippen LogP contribution is 2.25. The molecule has 0 aromatic heterocycles. The molecule has 1 rings (SSSR count). The van der Waals surface area contributed by atoms with Crippen LogP contribution in [0.2, 0.25) is 0 Å². The Bertz CT molecular complexity index is 598. The molecular formula is C24H36O3. The Morgan fingerprint density at radius 2 is 1.67 bits per heavy atom. The van der Waals surface area contributed by atoms with Gasteiger partial charge in [0.05, 0.1) is 0 Å². The first-order valence-electron chi connectivity index (χ1n) is 10.2. The first-order valence-corrected chi connectivity index (χ1v) is 10.2. The lowest BCUT2D eigenvalue weighted by atomic mass is 9.93. The van der Waals surface area contributed by atoms with Gasteiger partial charge in [-0.25, -0.2) is 0 Å². The summed E-state index contributed by atoms with van der Waals surface area (Å²) < 4.78 is 11.1. The third-order valence-corrected chi connectivity index (χ3v) is 4.77. The molecule has 1 aromatic carbocycles. The van der Waals surface area contributed by atoms with Crippen LogP contribution in [-0.2, 0) is 20.7 Å². The lowest BCUT2D eigenvalue weighted by molar-refractivity contribution is -0.104. The molecule has 0 saturated heterocycles. The number of aldehydes is 1. The zero-order chi connectivity index (χ0) is 19.9. The predicted molar refractivity (Wildman–Crippen MR) is 115 cm³/mol. The van der Waals surface area contributed by atoms with Crippen molar-refractivity contribution in [3.05, 3.63) is 46.5 Å². The van der Waals surface area contributed by atoms with Crippen molar-refractivity contribution in [3.63, 3.8) is 0 Å². The van der Waals surface area contributed by atoms with Gasteiger partial charge in [0.1, 0.15) is 6.29 Å². The largest absolute Gasteiger partial charge is 0.352 e. The van der Waals surface area contributed by atoms with Crippen molar-refractivity contribution in [3.8, 4) is 0 Å². The van der Waals surface area contributed by atoms with Crippen molar-refractivity contribution in [1.29, 1.82) is 0 Å². The van der Waals surface area contributed by atoms with Gasteiger partial charge in [0.2, 0.25) is 0 Å². The second-order valence-corrected chi connectivity index (χ2v) is 6.85. The molecule has 150 valence electrons. The van der Waals surface area contributed by atoms with Gasteiger partial charge in [-0.15, -0.1) is 0 Å². The quantitative estimate of drug-likeness (QED) is 0.168. The van der Waals surface area contributed by atoms with E-state index < -0.39 is 0 Å². The zero-order valence-corrected chi connectivity index (χ0v) is 17.5. The van der Waals surface area contributed by atoms with Gasteiger partial charge in [0.15, 0.2) is 6.29 Å². The van der Waals surface area contributed by atoms with Crippen LogP contribution in [0.3, 0.4) is 0 Å². The lowest BCUT2D eigenvalue weighted by Crippen LogP contribution is -2.16. The molecule has 3 nitrogen and oxygen atoms in total. The summed E-state index contributed by atoms with van der Waals surface area (Å²) in [5.74, 6) is 0. The maximum absolute atomic E-state index is 10.8. The molecule has 0 N–H and O–H groups in total. The van der Waals surface area contributed by atoms with Gasteiger partial charge in [-0.3, -0.25) is 4.79 Å². The zero-order valence-electron chi connectivity index (χ0n) is 17.5. The topological polar surface area (TPSA) is 35.5 Å². The number of rotatable bonds is 14. The molecule has 0 aliphatic heterocycles. The van der Waals surface area contributed by atoms with Crippen LogP contribution in [-0.4, -0.2) is 26.8 Å². The third-order valence-electron chi connectivity index (χ3n) is 4.77. The fraction of sp³-hybridized carbons (Fsp3) is 0.542. The molecule has 0 aliphatic rings. The van der Waals surface area contributed by atoms with Crippen molar-refractivity contribution in [2.75, 3.05) is 14.2 Å². The van der Waals surface area contributed by atoms with E-state index in [1.807, 2.05) is 6.08 Å². The summed E-state index contributed by atoms with van der Waals surface area (Å²) in [6, 6.07) is 6.29. The average molecular weight is 373 g/mol. The summed E-state index contributed by atoms with van der Waals surface area (Å²) in [4.78, 5) is 10.8. The molecule has 0 radical (unpaired) electrons. The summed E-state index contributed by atoms with van der Waals surface area (Å²) in [5.41, 5.74) is 4.78. The molecule has 0 bridgehead atoms. The van der Waals surface area contributed by atoms with E-state index in [0.29, 0.717) is 0 Å². The van der Waals surface area contributed by atoms with Crippen LogP contribution in [0, 0.1) is 0 Å². The van der Waals surface area contributed by atoms with Crippen LogP contribution in [0.5, 0.6) is 0 Å². The van der Waals surface area contributed by atoms with Crippen molar-refractivity contribution >= 4 is 18.4 Å². The van der Waals surface area contributed by atoms with Gasteiger partial charge >= 0.3 is 0 Å². The number of methoxy groups -OCH3 is 2. The molecule has 3 heteroatoms. The smallest absolute Gasteiger partial charge is 0.179 e. The SMILES string of the molecule is CCCCC/C(=C\c1cccc(/C=C/C=O)c1CCCCC)C(OC)OC. The Balaban J connectivity index is 3.28. The monoisotopic (exact) mass is 372 g/mol. The van der Waals surface area contributed by atoms with Crippen LogP contribution in [0.4, 0.5) is 0 Å². The first-order chi connectivity index (χ1) is 13.2. The standard InChI is InChI=1S/C24H36O3/c1-5-7-9-13-22(24(26-3)27-4)19-21-15-11-14-20(16-12-18-25)23(21)17-10-8-6-2/h11-12,14-16,18-19,24H,5-10,13,17H2,1-4H3/b16-12+,22-19+. The summed E-state index contributed by atoms with van der Waals surface area (Å²) in [5, 5.41) is 0. The molecule has 0 spiro atoms. The number of allylic oxidation sites excluding steroid dienone is 1. The van der Waals surface area contributed by atoms with E-state index in [-0.39, 0.29) is 6.29 Å². The Kier molecular flexibility index (Phi) is 12.4. The van der Waals surface area contributed by atoms with Crippen LogP contribution >= 0.6 is 0 Å². The highest BCUT2D eigenvalue weighted by molar-refractivity contribution is 5.76. The minimum absolute atomic E-state index is 0.320. The highest BCUT2D eigenvalue weighted by Gasteiger charge is 2.14. The minimum Gasteiger partial charge on any atom is -0.352 e. The number of hydrogen-bond donors (Lipinski definition) is 0. The van der Waals surface area contributed by atoms with Gasteiger partial charge in [-0.1, -0.05) is 69.9 Å². The number of ether oxygens (including phenoxy) is 2. The Hall–Kier alpha value is -1.71. The third kappa shape index (κ3) is 8.23. The van der Waals surface area contributed by atoms with Crippen LogP contribution in [0.25, 0.3) is 12.2 Å². The number of unbranched alkanes of at least 4 members (excludes halogenated alkanes) is 4. The number of benzene rings is 1. The molecule has 0 unspecified atom stereocenters. The van der Waals surface area contributed by atoms with E-state index in [9.17, 15) is 4.79 Å². The van der Waals surface area contributed by atoms with E-state index >= 15 is 0 Å². The van der Waals surface area contributed by atoms with Gasteiger partial charge in [-0.05, 0) is 54.0 Å². The van der Waals surface area contributed by atoms with E-state index in [0.717, 1.165) is 37.5 Å². The summed E-state index contributed by atoms with van der Waals surface area (Å²) >= 11 is 0. The first kappa shape index (κ1) is 23.3. The molecule has 0 amide bonds. The minimum atomic E-state index is -0.320. The van der Waals surface area contributed by atoms with Crippen LogP contribution in [0.1, 0.15) is 75.5 Å². The molecule has 0 saturated carbocycles. The Labute approximate surface area is 165 Å². The highest BCUT2D eigenvalue weighted by atomic mass is 16.7. The molecule has 0 fully saturated rings. The molecule has 1 aromatic rings. The summed E-state index contributed by atoms with van der Waals surface area (Å²) in [7, 11) is 3.38. The lowest BCUT2D eigenvalue weighted by Gasteiger charge is -2.19. The molecule has 27 heavy (non-hydrogen) atoms. The fourth-order valence-electron chi connectivity index (χ4n) is 3.33. The van der Waals surface area contributed by atoms with Crippen molar-refractivity contribution in [1.82, 2.24) is 0 Å². The number of hydrogen-bond acceptors (Lipinski definition) is 3. The van der Waals surface area contributed by atoms with E-state index in [1.54, 1.807) is 20.3 Å². The normalized spacial score (nSPS) is 12.3. The van der Waals surface area contributed by atoms with Crippen molar-refractivity contribution in [2.45, 2.75) is 71.5 Å². The Morgan fingerprint density at radius 3 is 2.30 bits per heavy atom. The van der Waals surface area contributed by atoms with Gasteiger partial charge in [0, 0.05) is 14.2 Å². The predicted octanol–water partition coefficient (Wildman–Crippen LogP) is 6.21. The fourth-order valence-corrected chi connectivity index (χ4v) is 3.33. The van der Waals surface area contributed by atoms with Crippen LogP contribution < -0.4 is 0 Å². The second-order valence-electron chi connectivity index (χ2n) is 6.85. The van der Waals surface area contributed by atoms with Gasteiger partial charge in [0.25, 0.3) is 0 Å². The van der Waals surface area contributed by atoms with E-state index in [4.69, 9.17) is 9.47 Å².